The molecule has 5 nitrogen and oxygen atoms in total. The highest BCUT2D eigenvalue weighted by molar-refractivity contribution is 6.03. The van der Waals surface area contributed by atoms with E-state index in [4.69, 9.17) is 14.2 Å². The molecule has 28 heavy (non-hydrogen) atoms. The molecule has 0 aromatic heterocycles. The smallest absolute Gasteiger partial charge is 0.254 e. The van der Waals surface area contributed by atoms with Gasteiger partial charge in [0.15, 0.2) is 0 Å². The summed E-state index contributed by atoms with van der Waals surface area (Å²) in [6.07, 6.45) is 0. The zero-order chi connectivity index (χ0) is 21.0. The first-order chi connectivity index (χ1) is 13.2. The topological polar surface area (TPSA) is 48.0 Å². The number of carbonyl (C=O) groups is 1. The maximum absolute atomic E-state index is 13.5. The van der Waals surface area contributed by atoms with Gasteiger partial charge in [-0.1, -0.05) is 17.7 Å². The van der Waals surface area contributed by atoms with E-state index in [1.165, 1.54) is 0 Å². The summed E-state index contributed by atoms with van der Waals surface area (Å²) in [4.78, 5) is 15.4. The number of hydrogen-bond acceptors (Lipinski definition) is 4. The van der Waals surface area contributed by atoms with Crippen LogP contribution in [-0.2, 0) is 0 Å². The third-order valence-corrected chi connectivity index (χ3v) is 4.74. The quantitative estimate of drug-likeness (QED) is 0.677. The predicted octanol–water partition coefficient (Wildman–Crippen LogP) is 4.95. The summed E-state index contributed by atoms with van der Waals surface area (Å²) < 4.78 is 16.6. The van der Waals surface area contributed by atoms with E-state index in [-0.39, 0.29) is 18.0 Å². The van der Waals surface area contributed by atoms with Crippen LogP contribution in [0.4, 0.5) is 0 Å². The Morgan fingerprint density at radius 2 is 1.39 bits per heavy atom. The lowest BCUT2D eigenvalue weighted by molar-refractivity contribution is 0.0644. The minimum atomic E-state index is -0.0140. The van der Waals surface area contributed by atoms with Crippen molar-refractivity contribution in [3.63, 3.8) is 0 Å². The summed E-state index contributed by atoms with van der Waals surface area (Å²) in [5, 5.41) is 0. The molecule has 0 fully saturated rings. The first-order valence-corrected chi connectivity index (χ1v) is 9.48. The van der Waals surface area contributed by atoms with Crippen molar-refractivity contribution in [1.82, 2.24) is 4.90 Å². The Bertz CT molecular complexity index is 809. The molecular weight excluding hydrogens is 354 g/mol. The Labute approximate surface area is 168 Å². The van der Waals surface area contributed by atoms with Crippen molar-refractivity contribution in [1.29, 1.82) is 0 Å². The molecule has 0 saturated carbocycles. The molecule has 0 radical (unpaired) electrons. The van der Waals surface area contributed by atoms with E-state index < -0.39 is 0 Å². The molecule has 5 heteroatoms. The largest absolute Gasteiger partial charge is 0.496 e. The molecule has 0 atom stereocenters. The molecule has 2 aromatic rings. The lowest BCUT2D eigenvalue weighted by Gasteiger charge is -2.31. The highest BCUT2D eigenvalue weighted by Gasteiger charge is 2.27. The average molecular weight is 386 g/mol. The molecule has 0 bridgehead atoms. The number of methoxy groups -OCH3 is 3. The van der Waals surface area contributed by atoms with Gasteiger partial charge in [-0.3, -0.25) is 4.79 Å². The molecule has 1 amide bonds. The van der Waals surface area contributed by atoms with Crippen molar-refractivity contribution >= 4 is 5.91 Å². The second-order valence-electron chi connectivity index (χ2n) is 7.36. The molecule has 0 spiro atoms. The summed E-state index contributed by atoms with van der Waals surface area (Å²) in [5.41, 5.74) is 3.19. The van der Waals surface area contributed by atoms with Gasteiger partial charge in [-0.05, 0) is 40.7 Å². The molecule has 2 rings (SSSR count). The summed E-state index contributed by atoms with van der Waals surface area (Å²) in [5.74, 6) is 1.80. The average Bonchev–Trinajstić information content (AvgIpc) is 2.65. The molecule has 0 aliphatic rings. The third kappa shape index (κ3) is 4.24. The van der Waals surface area contributed by atoms with Crippen LogP contribution in [0.1, 0.15) is 43.6 Å². The second kappa shape index (κ2) is 9.00. The SMILES string of the molecule is COc1cc(OC)c(-c2cc(C)ccc2C(=O)N(C(C)C)C(C)C)c(OC)c1. The molecule has 152 valence electrons. The van der Waals surface area contributed by atoms with Crippen LogP contribution in [0.15, 0.2) is 30.3 Å². The molecule has 0 unspecified atom stereocenters. The molecule has 0 saturated heterocycles. The van der Waals surface area contributed by atoms with E-state index in [1.54, 1.807) is 33.5 Å². The van der Waals surface area contributed by atoms with Gasteiger partial charge in [-0.2, -0.15) is 0 Å². The number of rotatable bonds is 7. The summed E-state index contributed by atoms with van der Waals surface area (Å²) >= 11 is 0. The number of ether oxygens (including phenoxy) is 3. The summed E-state index contributed by atoms with van der Waals surface area (Å²) in [6.45, 7) is 10.1. The zero-order valence-corrected chi connectivity index (χ0v) is 18.1. The molecular formula is C23H31NO4. The third-order valence-electron chi connectivity index (χ3n) is 4.74. The number of hydrogen-bond donors (Lipinski definition) is 0. The van der Waals surface area contributed by atoms with Gasteiger partial charge in [0.2, 0.25) is 0 Å². The van der Waals surface area contributed by atoms with Gasteiger partial charge in [0, 0.05) is 35.3 Å². The molecule has 0 heterocycles. The Morgan fingerprint density at radius 1 is 0.857 bits per heavy atom. The summed E-state index contributed by atoms with van der Waals surface area (Å²) in [7, 11) is 4.80. The first kappa shape index (κ1) is 21.6. The fraction of sp³-hybridized carbons (Fsp3) is 0.435. The fourth-order valence-corrected chi connectivity index (χ4v) is 3.53. The standard InChI is InChI=1S/C23H31NO4/c1-14(2)24(15(3)4)23(25)18-10-9-16(5)11-19(18)22-20(27-7)12-17(26-6)13-21(22)28-8/h9-15H,1-8H3. The van der Waals surface area contributed by atoms with E-state index >= 15 is 0 Å². The van der Waals surface area contributed by atoms with Gasteiger partial charge in [0.1, 0.15) is 17.2 Å². The first-order valence-electron chi connectivity index (χ1n) is 9.48. The van der Waals surface area contributed by atoms with Crippen LogP contribution in [0.25, 0.3) is 11.1 Å². The van der Waals surface area contributed by atoms with E-state index in [0.29, 0.717) is 22.8 Å². The Kier molecular flexibility index (Phi) is 6.95. The minimum absolute atomic E-state index is 0.0140. The van der Waals surface area contributed by atoms with Crippen molar-refractivity contribution < 1.29 is 19.0 Å². The van der Waals surface area contributed by atoms with Crippen molar-refractivity contribution in [3.05, 3.63) is 41.5 Å². The highest BCUT2D eigenvalue weighted by atomic mass is 16.5. The van der Waals surface area contributed by atoms with Crippen LogP contribution in [0, 0.1) is 6.92 Å². The normalized spacial score (nSPS) is 10.9. The van der Waals surface area contributed by atoms with Gasteiger partial charge >= 0.3 is 0 Å². The van der Waals surface area contributed by atoms with Crippen molar-refractivity contribution in [2.45, 2.75) is 46.7 Å². The minimum Gasteiger partial charge on any atom is -0.496 e. The number of nitrogens with zero attached hydrogens (tertiary/aromatic N) is 1. The second-order valence-corrected chi connectivity index (χ2v) is 7.36. The maximum Gasteiger partial charge on any atom is 0.254 e. The Hall–Kier alpha value is -2.69. The number of carbonyl (C=O) groups excluding carboxylic acids is 1. The van der Waals surface area contributed by atoms with E-state index in [1.807, 2.05) is 57.7 Å². The molecule has 0 N–H and O–H groups in total. The van der Waals surface area contributed by atoms with Crippen molar-refractivity contribution in [2.75, 3.05) is 21.3 Å². The van der Waals surface area contributed by atoms with E-state index in [0.717, 1.165) is 16.7 Å². The van der Waals surface area contributed by atoms with Gasteiger partial charge in [-0.25, -0.2) is 0 Å². The maximum atomic E-state index is 13.5. The highest BCUT2D eigenvalue weighted by Crippen LogP contribution is 2.43. The van der Waals surface area contributed by atoms with Crippen molar-refractivity contribution in [2.24, 2.45) is 0 Å². The predicted molar refractivity (Wildman–Crippen MR) is 113 cm³/mol. The molecule has 0 aliphatic carbocycles. The molecule has 2 aromatic carbocycles. The lowest BCUT2D eigenvalue weighted by Crippen LogP contribution is -2.42. The Morgan fingerprint density at radius 3 is 1.82 bits per heavy atom. The number of benzene rings is 2. The van der Waals surface area contributed by atoms with Crippen LogP contribution in [0.3, 0.4) is 0 Å². The van der Waals surface area contributed by atoms with E-state index in [9.17, 15) is 4.79 Å². The Balaban J connectivity index is 2.78. The molecule has 0 aliphatic heterocycles. The van der Waals surface area contributed by atoms with Gasteiger partial charge in [-0.15, -0.1) is 0 Å². The van der Waals surface area contributed by atoms with Gasteiger partial charge in [0.25, 0.3) is 5.91 Å². The lowest BCUT2D eigenvalue weighted by atomic mass is 9.94. The fourth-order valence-electron chi connectivity index (χ4n) is 3.53. The van der Waals surface area contributed by atoms with Gasteiger partial charge < -0.3 is 19.1 Å². The zero-order valence-electron chi connectivity index (χ0n) is 18.1. The van der Waals surface area contributed by atoms with Crippen LogP contribution in [0.2, 0.25) is 0 Å². The van der Waals surface area contributed by atoms with Crippen LogP contribution >= 0.6 is 0 Å². The van der Waals surface area contributed by atoms with Crippen molar-refractivity contribution in [3.8, 4) is 28.4 Å². The van der Waals surface area contributed by atoms with Crippen LogP contribution in [-0.4, -0.2) is 44.2 Å². The van der Waals surface area contributed by atoms with Gasteiger partial charge in [0.05, 0.1) is 26.9 Å². The monoisotopic (exact) mass is 385 g/mol. The van der Waals surface area contributed by atoms with E-state index in [2.05, 4.69) is 0 Å². The number of amides is 1. The van der Waals surface area contributed by atoms with Crippen LogP contribution < -0.4 is 14.2 Å². The number of aryl methyl sites for hydroxylation is 1. The summed E-state index contributed by atoms with van der Waals surface area (Å²) in [6, 6.07) is 9.61. The van der Waals surface area contributed by atoms with Crippen LogP contribution in [0.5, 0.6) is 17.2 Å².